The number of fused-ring (bicyclic) bond motifs is 1. The molecule has 6 heteroatoms. The molecule has 0 unspecified atom stereocenters. The molecular formula is C20H25N5O. The minimum atomic E-state index is 0.151. The van der Waals surface area contributed by atoms with Crippen LogP contribution < -0.4 is 5.32 Å². The lowest BCUT2D eigenvalue weighted by atomic mass is 9.92. The first-order valence-electron chi connectivity index (χ1n) is 9.80. The van der Waals surface area contributed by atoms with Crippen molar-refractivity contribution >= 4 is 5.91 Å². The largest absolute Gasteiger partial charge is 0.339 e. The summed E-state index contributed by atoms with van der Waals surface area (Å²) >= 11 is 0. The van der Waals surface area contributed by atoms with Crippen LogP contribution in [0.5, 0.6) is 0 Å². The number of nitrogens with one attached hydrogen (secondary N) is 2. The number of aromatic amines is 1. The Morgan fingerprint density at radius 2 is 1.69 bits per heavy atom. The molecule has 2 N–H and O–H groups in total. The van der Waals surface area contributed by atoms with Crippen LogP contribution in [-0.4, -0.2) is 52.2 Å². The molecule has 1 aliphatic carbocycles. The minimum Gasteiger partial charge on any atom is -0.339 e. The number of hydrogen-bond donors (Lipinski definition) is 2. The maximum atomic E-state index is 12.9. The molecule has 136 valence electrons. The highest BCUT2D eigenvalue weighted by atomic mass is 16.2. The highest BCUT2D eigenvalue weighted by Gasteiger charge is 2.31. The van der Waals surface area contributed by atoms with Crippen molar-refractivity contribution in [1.29, 1.82) is 0 Å². The van der Waals surface area contributed by atoms with Gasteiger partial charge in [-0.3, -0.25) is 9.89 Å². The maximum Gasteiger partial charge on any atom is 0.253 e. The van der Waals surface area contributed by atoms with Crippen LogP contribution in [0.4, 0.5) is 0 Å². The van der Waals surface area contributed by atoms with Gasteiger partial charge in [-0.25, -0.2) is 4.98 Å². The number of aromatic nitrogens is 3. The van der Waals surface area contributed by atoms with Gasteiger partial charge in [0.05, 0.1) is 0 Å². The normalized spacial score (nSPS) is 25.8. The number of rotatable bonds is 3. The molecule has 3 aliphatic rings. The summed E-state index contributed by atoms with van der Waals surface area (Å²) in [5.74, 6) is 3.90. The number of carbonyl (C=O) groups excluding carboxylic acids is 1. The molecule has 3 heterocycles. The van der Waals surface area contributed by atoms with Crippen LogP contribution in [0.1, 0.15) is 47.8 Å². The summed E-state index contributed by atoms with van der Waals surface area (Å²) in [5, 5.41) is 10.8. The number of H-pyrrole nitrogens is 1. The maximum absolute atomic E-state index is 12.9. The Hall–Kier alpha value is -2.21. The Bertz CT molecular complexity index is 781. The van der Waals surface area contributed by atoms with Crippen molar-refractivity contribution in [3.05, 3.63) is 35.7 Å². The highest BCUT2D eigenvalue weighted by molar-refractivity contribution is 5.94. The van der Waals surface area contributed by atoms with E-state index < -0.39 is 0 Å². The van der Waals surface area contributed by atoms with Crippen LogP contribution in [0, 0.1) is 11.8 Å². The van der Waals surface area contributed by atoms with Crippen molar-refractivity contribution in [3.8, 4) is 11.4 Å². The Morgan fingerprint density at radius 1 is 1.00 bits per heavy atom. The second-order valence-electron chi connectivity index (χ2n) is 7.94. The van der Waals surface area contributed by atoms with Crippen molar-refractivity contribution in [2.75, 3.05) is 26.2 Å². The van der Waals surface area contributed by atoms with Crippen molar-refractivity contribution in [3.63, 3.8) is 0 Å². The summed E-state index contributed by atoms with van der Waals surface area (Å²) in [6.45, 7) is 3.96. The van der Waals surface area contributed by atoms with Gasteiger partial charge in [0.2, 0.25) is 0 Å². The van der Waals surface area contributed by atoms with Crippen LogP contribution in [0.25, 0.3) is 11.4 Å². The zero-order valence-electron chi connectivity index (χ0n) is 14.9. The first-order valence-corrected chi connectivity index (χ1v) is 9.80. The van der Waals surface area contributed by atoms with Gasteiger partial charge in [-0.2, -0.15) is 5.10 Å². The molecular weight excluding hydrogens is 326 g/mol. The van der Waals surface area contributed by atoms with E-state index in [4.69, 9.17) is 0 Å². The highest BCUT2D eigenvalue weighted by Crippen LogP contribution is 2.38. The fourth-order valence-corrected chi connectivity index (χ4v) is 4.31. The Balaban J connectivity index is 1.28. The van der Waals surface area contributed by atoms with Gasteiger partial charge in [0, 0.05) is 30.1 Å². The summed E-state index contributed by atoms with van der Waals surface area (Å²) < 4.78 is 0. The zero-order valence-corrected chi connectivity index (χ0v) is 14.9. The molecule has 26 heavy (non-hydrogen) atoms. The molecule has 1 aromatic carbocycles. The topological polar surface area (TPSA) is 73.9 Å². The van der Waals surface area contributed by atoms with E-state index in [0.717, 1.165) is 73.6 Å². The second kappa shape index (κ2) is 6.50. The van der Waals surface area contributed by atoms with Gasteiger partial charge in [-0.1, -0.05) is 12.1 Å². The quantitative estimate of drug-likeness (QED) is 0.891. The summed E-state index contributed by atoms with van der Waals surface area (Å²) in [6, 6.07) is 7.75. The molecule has 2 aliphatic heterocycles. The lowest BCUT2D eigenvalue weighted by Gasteiger charge is -2.21. The first kappa shape index (κ1) is 16.0. The molecule has 5 rings (SSSR count). The number of likely N-dealkylation sites (tertiary alicyclic amines) is 1. The third-order valence-electron chi connectivity index (χ3n) is 6.16. The standard InChI is InChI=1S/C20H25N5O/c26-20(25-9-7-16-11-21-12-17(16)8-10-25)15-5-3-14(4-6-15)19-22-18(23-24-19)13-1-2-13/h3-6,13,16-17,21H,1-2,7-12H2,(H,22,23,24)/t16-,17+. The molecule has 2 atom stereocenters. The molecule has 0 bridgehead atoms. The fourth-order valence-electron chi connectivity index (χ4n) is 4.31. The lowest BCUT2D eigenvalue weighted by Crippen LogP contribution is -2.32. The van der Waals surface area contributed by atoms with E-state index in [2.05, 4.69) is 20.5 Å². The first-order chi connectivity index (χ1) is 12.8. The van der Waals surface area contributed by atoms with E-state index in [-0.39, 0.29) is 5.91 Å². The molecule has 0 spiro atoms. The van der Waals surface area contributed by atoms with Crippen molar-refractivity contribution in [1.82, 2.24) is 25.4 Å². The predicted molar refractivity (Wildman–Crippen MR) is 98.8 cm³/mol. The van der Waals surface area contributed by atoms with E-state index in [1.54, 1.807) is 0 Å². The van der Waals surface area contributed by atoms with Gasteiger partial charge >= 0.3 is 0 Å². The van der Waals surface area contributed by atoms with Crippen LogP contribution in [0.3, 0.4) is 0 Å². The smallest absolute Gasteiger partial charge is 0.253 e. The average molecular weight is 351 g/mol. The molecule has 1 amide bonds. The molecule has 3 fully saturated rings. The Kier molecular flexibility index (Phi) is 4.00. The molecule has 2 saturated heterocycles. The molecule has 1 aromatic heterocycles. The van der Waals surface area contributed by atoms with Crippen molar-refractivity contribution < 1.29 is 4.79 Å². The van der Waals surface area contributed by atoms with E-state index >= 15 is 0 Å². The number of nitrogens with zero attached hydrogens (tertiary/aromatic N) is 3. The van der Waals surface area contributed by atoms with Gasteiger partial charge in [-0.15, -0.1) is 0 Å². The van der Waals surface area contributed by atoms with Gasteiger partial charge in [-0.05, 0) is 62.7 Å². The summed E-state index contributed by atoms with van der Waals surface area (Å²) in [5.41, 5.74) is 1.72. The summed E-state index contributed by atoms with van der Waals surface area (Å²) in [7, 11) is 0. The fraction of sp³-hybridized carbons (Fsp3) is 0.550. The Labute approximate surface area is 153 Å². The SMILES string of the molecule is O=C(c1ccc(-c2n[nH]c(C3CC3)n2)cc1)N1CC[C@@H]2CNC[C@@H]2CC1. The molecule has 6 nitrogen and oxygen atoms in total. The predicted octanol–water partition coefficient (Wildman–Crippen LogP) is 2.42. The van der Waals surface area contributed by atoms with E-state index in [1.807, 2.05) is 29.2 Å². The molecule has 0 radical (unpaired) electrons. The van der Waals surface area contributed by atoms with Crippen molar-refractivity contribution in [2.24, 2.45) is 11.8 Å². The van der Waals surface area contributed by atoms with Crippen LogP contribution in [-0.2, 0) is 0 Å². The minimum absolute atomic E-state index is 0.151. The van der Waals surface area contributed by atoms with Crippen LogP contribution in [0.2, 0.25) is 0 Å². The third kappa shape index (κ3) is 3.03. The van der Waals surface area contributed by atoms with E-state index in [0.29, 0.717) is 5.92 Å². The zero-order chi connectivity index (χ0) is 17.5. The van der Waals surface area contributed by atoms with E-state index in [9.17, 15) is 4.79 Å². The van der Waals surface area contributed by atoms with Gasteiger partial charge < -0.3 is 10.2 Å². The third-order valence-corrected chi connectivity index (χ3v) is 6.16. The number of amides is 1. The second-order valence-corrected chi connectivity index (χ2v) is 7.94. The summed E-state index contributed by atoms with van der Waals surface area (Å²) in [6.07, 6.45) is 4.64. The van der Waals surface area contributed by atoms with Crippen molar-refractivity contribution in [2.45, 2.75) is 31.6 Å². The molecule has 1 saturated carbocycles. The van der Waals surface area contributed by atoms with Crippen LogP contribution in [0.15, 0.2) is 24.3 Å². The van der Waals surface area contributed by atoms with Gasteiger partial charge in [0.25, 0.3) is 5.91 Å². The van der Waals surface area contributed by atoms with Gasteiger partial charge in [0.1, 0.15) is 5.82 Å². The van der Waals surface area contributed by atoms with E-state index in [1.165, 1.54) is 12.8 Å². The number of benzene rings is 1. The lowest BCUT2D eigenvalue weighted by molar-refractivity contribution is 0.0758. The molecule has 2 aromatic rings. The van der Waals surface area contributed by atoms with Crippen LogP contribution >= 0.6 is 0 Å². The monoisotopic (exact) mass is 351 g/mol. The number of hydrogen-bond acceptors (Lipinski definition) is 4. The van der Waals surface area contributed by atoms with Gasteiger partial charge in [0.15, 0.2) is 5.82 Å². The Morgan fingerprint density at radius 3 is 2.35 bits per heavy atom. The number of carbonyl (C=O) groups is 1. The average Bonchev–Trinajstić information content (AvgIpc) is 3.30. The summed E-state index contributed by atoms with van der Waals surface area (Å²) in [4.78, 5) is 19.5.